The number of benzene rings is 1. The third-order valence-corrected chi connectivity index (χ3v) is 9.72. The van der Waals surface area contributed by atoms with Crippen LogP contribution in [0.5, 0.6) is 0 Å². The fourth-order valence-electron chi connectivity index (χ4n) is 6.49. The maximum Gasteiger partial charge on any atom is 0.410 e. The lowest BCUT2D eigenvalue weighted by atomic mass is 9.80. The number of hydrogen-bond acceptors (Lipinski definition) is 9. The molecule has 12 nitrogen and oxygen atoms in total. The van der Waals surface area contributed by atoms with E-state index in [4.69, 9.17) is 24.0 Å². The fourth-order valence-corrected chi connectivity index (χ4v) is 6.49. The van der Waals surface area contributed by atoms with E-state index in [0.29, 0.717) is 32.7 Å². The monoisotopic (exact) mass is 702 g/mol. The molecule has 50 heavy (non-hydrogen) atoms. The minimum atomic E-state index is -1.11. The van der Waals surface area contributed by atoms with Gasteiger partial charge in [-0.2, -0.15) is 5.10 Å². The number of ether oxygens (including phenoxy) is 4. The molecule has 2 aromatic rings. The van der Waals surface area contributed by atoms with Crippen LogP contribution < -0.4 is 10.6 Å². The van der Waals surface area contributed by atoms with Gasteiger partial charge in [-0.05, 0) is 74.8 Å². The van der Waals surface area contributed by atoms with Gasteiger partial charge in [0.05, 0.1) is 29.3 Å². The summed E-state index contributed by atoms with van der Waals surface area (Å²) in [5, 5.41) is 23.7. The number of aliphatic hydroxyl groups excluding tert-OH is 1. The number of esters is 1. The molecule has 1 aliphatic heterocycles. The first-order chi connectivity index (χ1) is 23.7. The zero-order chi connectivity index (χ0) is 37.0. The molecular formula is C38H62N4O8. The first-order valence-corrected chi connectivity index (χ1v) is 18.4. The third-order valence-electron chi connectivity index (χ3n) is 9.72. The SMILES string of the molecule is COCCCn1nc(C)c2ccc(CC(C[C@H](NC(=O)OC(C)OC(=O)C(C)C)C(O)C[C@H](C(=O)NC3CCOCC3)C(C)C)C(C)C)cc21. The second-order valence-corrected chi connectivity index (χ2v) is 14.8. The number of aromatic nitrogens is 2. The Hall–Kier alpha value is -3.22. The number of carbonyl (C=O) groups is 3. The maximum absolute atomic E-state index is 13.5. The van der Waals surface area contributed by atoms with Gasteiger partial charge in [-0.3, -0.25) is 14.3 Å². The number of alkyl carbamates (subject to hydrolysis) is 1. The number of hydrogen-bond donors (Lipinski definition) is 3. The molecule has 1 aromatic carbocycles. The van der Waals surface area contributed by atoms with Crippen LogP contribution in [0.2, 0.25) is 0 Å². The zero-order valence-corrected chi connectivity index (χ0v) is 31.7. The van der Waals surface area contributed by atoms with E-state index >= 15 is 0 Å². The van der Waals surface area contributed by atoms with E-state index in [1.54, 1.807) is 21.0 Å². The average Bonchev–Trinajstić information content (AvgIpc) is 3.36. The summed E-state index contributed by atoms with van der Waals surface area (Å²) < 4.78 is 23.4. The second kappa shape index (κ2) is 20.0. The molecule has 0 spiro atoms. The summed E-state index contributed by atoms with van der Waals surface area (Å²) in [5.74, 6) is -1.22. The molecule has 1 saturated heterocycles. The van der Waals surface area contributed by atoms with Gasteiger partial charge >= 0.3 is 12.1 Å². The lowest BCUT2D eigenvalue weighted by Gasteiger charge is -2.33. The Labute approximate surface area is 298 Å². The number of rotatable bonds is 19. The Kier molecular flexibility index (Phi) is 16.5. The molecule has 0 bridgehead atoms. The molecule has 282 valence electrons. The number of methoxy groups -OCH3 is 1. The minimum absolute atomic E-state index is 0.0383. The van der Waals surface area contributed by atoms with Crippen molar-refractivity contribution >= 4 is 28.9 Å². The lowest BCUT2D eigenvalue weighted by Crippen LogP contribution is -2.49. The highest BCUT2D eigenvalue weighted by Gasteiger charge is 2.34. The number of nitrogens with one attached hydrogen (secondary N) is 2. The van der Waals surface area contributed by atoms with E-state index < -0.39 is 36.4 Å². The van der Waals surface area contributed by atoms with E-state index in [9.17, 15) is 19.5 Å². The van der Waals surface area contributed by atoms with Crippen molar-refractivity contribution in [1.82, 2.24) is 20.4 Å². The van der Waals surface area contributed by atoms with Crippen molar-refractivity contribution in [3.8, 4) is 0 Å². The van der Waals surface area contributed by atoms with Crippen LogP contribution in [0, 0.1) is 36.5 Å². The number of aryl methyl sites for hydroxylation is 2. The van der Waals surface area contributed by atoms with Gasteiger partial charge in [0.15, 0.2) is 0 Å². The summed E-state index contributed by atoms with van der Waals surface area (Å²) in [6, 6.07) is 5.73. The molecule has 2 amide bonds. The third kappa shape index (κ3) is 12.5. The summed E-state index contributed by atoms with van der Waals surface area (Å²) in [7, 11) is 1.70. The van der Waals surface area contributed by atoms with Gasteiger partial charge in [-0.1, -0.05) is 53.7 Å². The maximum atomic E-state index is 13.5. The zero-order valence-electron chi connectivity index (χ0n) is 31.7. The number of carbonyl (C=O) groups excluding carboxylic acids is 3. The quantitative estimate of drug-likeness (QED) is 0.0974. The van der Waals surface area contributed by atoms with Gasteiger partial charge in [0.2, 0.25) is 12.2 Å². The van der Waals surface area contributed by atoms with Crippen LogP contribution in [0.4, 0.5) is 4.79 Å². The molecule has 1 aliphatic rings. The van der Waals surface area contributed by atoms with E-state index in [0.717, 1.165) is 48.0 Å². The Bertz CT molecular complexity index is 1370. The Morgan fingerprint density at radius 3 is 2.34 bits per heavy atom. The van der Waals surface area contributed by atoms with Gasteiger partial charge < -0.3 is 34.7 Å². The van der Waals surface area contributed by atoms with E-state index in [-0.39, 0.29) is 42.0 Å². The molecule has 2 heterocycles. The fraction of sp³-hybridized carbons (Fsp3) is 0.737. The first-order valence-electron chi connectivity index (χ1n) is 18.4. The number of nitrogens with zero attached hydrogens (tertiary/aromatic N) is 2. The van der Waals surface area contributed by atoms with Crippen molar-refractivity contribution in [1.29, 1.82) is 0 Å². The molecule has 3 rings (SSSR count). The van der Waals surface area contributed by atoms with Crippen molar-refractivity contribution in [3.63, 3.8) is 0 Å². The topological polar surface area (TPSA) is 150 Å². The number of amides is 2. The van der Waals surface area contributed by atoms with E-state index in [2.05, 4.69) is 42.7 Å². The standard InChI is InChI=1S/C38H62N4O8/c1-23(2)29(19-28-11-12-31-26(7)41-42(34(31)20-28)15-10-16-47-9)21-33(40-38(46)50-27(8)49-37(45)25(5)6)35(43)22-32(24(3)4)36(44)39-30-13-17-48-18-14-30/h11-12,20,23-25,27,29-30,32-33,35,43H,10,13-19,21-22H2,1-9H3,(H,39,44)(H,40,46)/t27?,29?,32-,33-,35?/m0/s1. The lowest BCUT2D eigenvalue weighted by molar-refractivity contribution is -0.168. The molecule has 5 atom stereocenters. The first kappa shape index (κ1) is 41.2. The van der Waals surface area contributed by atoms with Crippen LogP contribution in [0.1, 0.15) is 91.8 Å². The Balaban J connectivity index is 1.83. The predicted molar refractivity (Wildman–Crippen MR) is 192 cm³/mol. The number of aliphatic hydroxyl groups is 1. The Morgan fingerprint density at radius 1 is 1.02 bits per heavy atom. The van der Waals surface area contributed by atoms with Crippen molar-refractivity contribution in [2.45, 2.75) is 125 Å². The van der Waals surface area contributed by atoms with Crippen LogP contribution in [-0.2, 0) is 41.5 Å². The molecular weight excluding hydrogens is 640 g/mol. The van der Waals surface area contributed by atoms with Crippen LogP contribution in [-0.4, -0.2) is 84.3 Å². The van der Waals surface area contributed by atoms with Crippen LogP contribution in [0.25, 0.3) is 10.9 Å². The van der Waals surface area contributed by atoms with Gasteiger partial charge in [0.25, 0.3) is 0 Å². The van der Waals surface area contributed by atoms with Crippen molar-refractivity contribution in [2.75, 3.05) is 26.9 Å². The molecule has 0 saturated carbocycles. The summed E-state index contributed by atoms with van der Waals surface area (Å²) in [5.41, 5.74) is 3.17. The van der Waals surface area contributed by atoms with Crippen molar-refractivity contribution in [3.05, 3.63) is 29.5 Å². The molecule has 1 aromatic heterocycles. The smallest absolute Gasteiger partial charge is 0.410 e. The van der Waals surface area contributed by atoms with Gasteiger partial charge in [-0.15, -0.1) is 0 Å². The second-order valence-electron chi connectivity index (χ2n) is 14.8. The molecule has 0 radical (unpaired) electrons. The predicted octanol–water partition coefficient (Wildman–Crippen LogP) is 5.54. The molecule has 0 aliphatic carbocycles. The molecule has 1 fully saturated rings. The molecule has 3 unspecified atom stereocenters. The highest BCUT2D eigenvalue weighted by molar-refractivity contribution is 5.82. The van der Waals surface area contributed by atoms with E-state index in [1.165, 1.54) is 6.92 Å². The minimum Gasteiger partial charge on any atom is -0.425 e. The molecule has 3 N–H and O–H groups in total. The normalized spacial score (nSPS) is 17.1. The van der Waals surface area contributed by atoms with Crippen LogP contribution in [0.15, 0.2) is 18.2 Å². The van der Waals surface area contributed by atoms with Crippen LogP contribution in [0.3, 0.4) is 0 Å². The van der Waals surface area contributed by atoms with Gasteiger partial charge in [0, 0.05) is 57.7 Å². The highest BCUT2D eigenvalue weighted by Crippen LogP contribution is 2.29. The van der Waals surface area contributed by atoms with Crippen molar-refractivity contribution < 1.29 is 38.4 Å². The largest absolute Gasteiger partial charge is 0.425 e. The average molecular weight is 703 g/mol. The summed E-state index contributed by atoms with van der Waals surface area (Å²) in [6.45, 7) is 17.7. The van der Waals surface area contributed by atoms with Crippen LogP contribution >= 0.6 is 0 Å². The summed E-state index contributed by atoms with van der Waals surface area (Å²) >= 11 is 0. The van der Waals surface area contributed by atoms with E-state index in [1.807, 2.05) is 25.5 Å². The summed E-state index contributed by atoms with van der Waals surface area (Å²) in [4.78, 5) is 38.8. The van der Waals surface area contributed by atoms with Crippen molar-refractivity contribution in [2.24, 2.45) is 29.6 Å². The Morgan fingerprint density at radius 2 is 1.72 bits per heavy atom. The molecule has 12 heteroatoms. The summed E-state index contributed by atoms with van der Waals surface area (Å²) in [6.07, 6.45) is 0.706. The van der Waals surface area contributed by atoms with Gasteiger partial charge in [-0.25, -0.2) is 4.79 Å². The highest BCUT2D eigenvalue weighted by atomic mass is 16.7. The van der Waals surface area contributed by atoms with Gasteiger partial charge in [0.1, 0.15) is 0 Å². The number of fused-ring (bicyclic) bond motifs is 1.